The van der Waals surface area contributed by atoms with Crippen molar-refractivity contribution >= 4 is 17.9 Å². The fourth-order valence-electron chi connectivity index (χ4n) is 7.76. The highest BCUT2D eigenvalue weighted by molar-refractivity contribution is 5.71. The summed E-state index contributed by atoms with van der Waals surface area (Å²) >= 11 is 0. The topological polar surface area (TPSA) is 78.9 Å². The minimum atomic E-state index is -0.770. The van der Waals surface area contributed by atoms with Gasteiger partial charge in [-0.25, -0.2) is 0 Å². The van der Waals surface area contributed by atoms with Crippen LogP contribution in [0.25, 0.3) is 0 Å². The Bertz CT molecular complexity index is 1050. The summed E-state index contributed by atoms with van der Waals surface area (Å²) in [5, 5.41) is 0. The zero-order valence-electron chi connectivity index (χ0n) is 41.4. The first-order valence-corrected chi connectivity index (χ1v) is 27.0. The van der Waals surface area contributed by atoms with E-state index in [4.69, 9.17) is 14.2 Å². The first kappa shape index (κ1) is 59.6. The second kappa shape index (κ2) is 51.3. The number of esters is 3. The molecule has 62 heavy (non-hydrogen) atoms. The lowest BCUT2D eigenvalue weighted by molar-refractivity contribution is -0.167. The first-order chi connectivity index (χ1) is 30.5. The lowest BCUT2D eigenvalue weighted by Crippen LogP contribution is -2.30. The van der Waals surface area contributed by atoms with Gasteiger partial charge in [0.15, 0.2) is 6.10 Å². The molecule has 0 saturated carbocycles. The van der Waals surface area contributed by atoms with E-state index in [2.05, 4.69) is 57.2 Å². The van der Waals surface area contributed by atoms with Crippen molar-refractivity contribution in [2.45, 2.75) is 290 Å². The van der Waals surface area contributed by atoms with Crippen molar-refractivity contribution in [1.29, 1.82) is 0 Å². The van der Waals surface area contributed by atoms with Crippen LogP contribution in [0.2, 0.25) is 0 Å². The van der Waals surface area contributed by atoms with Crippen molar-refractivity contribution in [2.24, 2.45) is 0 Å². The summed E-state index contributed by atoms with van der Waals surface area (Å²) in [4.78, 5) is 37.8. The molecule has 6 heteroatoms. The van der Waals surface area contributed by atoms with Crippen LogP contribution in [-0.4, -0.2) is 37.2 Å². The van der Waals surface area contributed by atoms with Gasteiger partial charge in [-0.1, -0.05) is 224 Å². The maximum absolute atomic E-state index is 12.7. The number of hydrogen-bond donors (Lipinski definition) is 0. The number of carbonyl (C=O) groups is 3. The summed E-state index contributed by atoms with van der Waals surface area (Å²) in [6.45, 7) is 6.57. The molecule has 0 aliphatic heterocycles. The second-order valence-electron chi connectivity index (χ2n) is 18.1. The molecule has 0 radical (unpaired) electrons. The van der Waals surface area contributed by atoms with E-state index in [-0.39, 0.29) is 31.1 Å². The Morgan fingerprint density at radius 3 is 0.935 bits per heavy atom. The summed E-state index contributed by atoms with van der Waals surface area (Å²) in [6, 6.07) is 0. The van der Waals surface area contributed by atoms with Crippen LogP contribution in [0.1, 0.15) is 284 Å². The van der Waals surface area contributed by atoms with Crippen LogP contribution < -0.4 is 0 Å². The number of rotatable bonds is 49. The number of allylic oxidation sites excluding steroid dienone is 6. The van der Waals surface area contributed by atoms with Crippen molar-refractivity contribution < 1.29 is 28.6 Å². The van der Waals surface area contributed by atoms with Gasteiger partial charge in [0.1, 0.15) is 13.2 Å². The van der Waals surface area contributed by atoms with Gasteiger partial charge in [-0.3, -0.25) is 14.4 Å². The average molecular weight is 871 g/mol. The van der Waals surface area contributed by atoms with Crippen LogP contribution in [0.15, 0.2) is 36.5 Å². The van der Waals surface area contributed by atoms with E-state index in [1.807, 2.05) is 0 Å². The molecule has 0 saturated heterocycles. The van der Waals surface area contributed by atoms with Gasteiger partial charge in [-0.2, -0.15) is 0 Å². The Kier molecular flexibility index (Phi) is 49.3. The van der Waals surface area contributed by atoms with Gasteiger partial charge < -0.3 is 14.2 Å². The molecule has 0 heterocycles. The van der Waals surface area contributed by atoms with Gasteiger partial charge in [-0.05, 0) is 77.0 Å². The molecule has 1 atom stereocenters. The molecule has 1 unspecified atom stereocenters. The van der Waals surface area contributed by atoms with Crippen molar-refractivity contribution in [2.75, 3.05) is 13.2 Å². The molecule has 0 aromatic carbocycles. The predicted octanol–water partition coefficient (Wildman–Crippen LogP) is 17.7. The zero-order valence-corrected chi connectivity index (χ0v) is 41.4. The van der Waals surface area contributed by atoms with Crippen LogP contribution in [-0.2, 0) is 28.6 Å². The monoisotopic (exact) mass is 871 g/mol. The molecular weight excluding hydrogens is 769 g/mol. The van der Waals surface area contributed by atoms with E-state index in [0.717, 1.165) is 70.6 Å². The smallest absolute Gasteiger partial charge is 0.306 e. The number of unbranched alkanes of at least 4 members (excludes halogenated alkanes) is 32. The minimum Gasteiger partial charge on any atom is -0.462 e. The van der Waals surface area contributed by atoms with Gasteiger partial charge in [0.25, 0.3) is 0 Å². The fourth-order valence-corrected chi connectivity index (χ4v) is 7.76. The molecule has 0 bridgehead atoms. The van der Waals surface area contributed by atoms with E-state index < -0.39 is 6.10 Å². The Hall–Kier alpha value is -2.37. The van der Waals surface area contributed by atoms with Crippen LogP contribution in [0.4, 0.5) is 0 Å². The molecule has 6 nitrogen and oxygen atoms in total. The summed E-state index contributed by atoms with van der Waals surface area (Å²) in [7, 11) is 0. The van der Waals surface area contributed by atoms with Crippen LogP contribution in [0.3, 0.4) is 0 Å². The molecule has 362 valence electrons. The molecule has 0 aliphatic rings. The highest BCUT2D eigenvalue weighted by Crippen LogP contribution is 2.16. The predicted molar refractivity (Wildman–Crippen MR) is 266 cm³/mol. The first-order valence-electron chi connectivity index (χ1n) is 27.0. The largest absolute Gasteiger partial charge is 0.462 e. The molecule has 0 spiro atoms. The number of ether oxygens (including phenoxy) is 3. The number of hydrogen-bond acceptors (Lipinski definition) is 6. The maximum atomic E-state index is 12.7. The van der Waals surface area contributed by atoms with Crippen molar-refractivity contribution in [1.82, 2.24) is 0 Å². The summed E-state index contributed by atoms with van der Waals surface area (Å²) in [6.07, 6.45) is 60.2. The van der Waals surface area contributed by atoms with Gasteiger partial charge in [0.05, 0.1) is 0 Å². The molecule has 0 aromatic heterocycles. The summed E-state index contributed by atoms with van der Waals surface area (Å²) in [5.74, 6) is -0.881. The van der Waals surface area contributed by atoms with Gasteiger partial charge >= 0.3 is 17.9 Å². The van der Waals surface area contributed by atoms with E-state index >= 15 is 0 Å². The quantitative estimate of drug-likeness (QED) is 0.0262. The van der Waals surface area contributed by atoms with E-state index in [9.17, 15) is 14.4 Å². The molecule has 0 rings (SSSR count). The van der Waals surface area contributed by atoms with Gasteiger partial charge in [0.2, 0.25) is 0 Å². The SMILES string of the molecule is CCCCC/C=C\CCCCCCCC(=O)OC(COC(=O)CCCCCCCCC)COC(=O)CCCCCCCCCCCCCCC/C=C\C/C=C\CCCCCCC. The second-order valence-corrected chi connectivity index (χ2v) is 18.1. The Balaban J connectivity index is 4.10. The van der Waals surface area contributed by atoms with E-state index in [1.165, 1.54) is 173 Å². The molecule has 0 fully saturated rings. The maximum Gasteiger partial charge on any atom is 0.306 e. The Morgan fingerprint density at radius 1 is 0.323 bits per heavy atom. The highest BCUT2D eigenvalue weighted by atomic mass is 16.6. The van der Waals surface area contributed by atoms with Crippen molar-refractivity contribution in [3.05, 3.63) is 36.5 Å². The summed E-state index contributed by atoms with van der Waals surface area (Å²) < 4.78 is 16.7. The van der Waals surface area contributed by atoms with Gasteiger partial charge in [-0.15, -0.1) is 0 Å². The normalized spacial score (nSPS) is 12.2. The zero-order chi connectivity index (χ0) is 45.1. The molecule has 0 aromatic rings. The lowest BCUT2D eigenvalue weighted by Gasteiger charge is -2.18. The molecule has 0 amide bonds. The van der Waals surface area contributed by atoms with E-state index in [0.29, 0.717) is 19.3 Å². The van der Waals surface area contributed by atoms with E-state index in [1.54, 1.807) is 0 Å². The summed E-state index contributed by atoms with van der Waals surface area (Å²) in [5.41, 5.74) is 0. The average Bonchev–Trinajstić information content (AvgIpc) is 3.27. The lowest BCUT2D eigenvalue weighted by atomic mass is 10.0. The number of carbonyl (C=O) groups excluding carboxylic acids is 3. The third-order valence-corrected chi connectivity index (χ3v) is 11.9. The standard InChI is InChI=1S/C56H102O6/c1-4-7-10-13-16-18-20-22-23-24-25-26-27-28-29-30-31-32-33-34-36-37-40-43-46-49-55(58)61-52-53(51-60-54(57)48-45-42-39-15-12-9-6-3)62-56(59)50-47-44-41-38-35-21-19-17-14-11-8-5-2/h17,19-20,22,24-25,53H,4-16,18,21,23,26-52H2,1-3H3/b19-17-,22-20-,25-24-. The van der Waals surface area contributed by atoms with Crippen molar-refractivity contribution in [3.63, 3.8) is 0 Å². The molecule has 0 N–H and O–H groups in total. The van der Waals surface area contributed by atoms with Crippen LogP contribution in [0.5, 0.6) is 0 Å². The Labute approximate surface area is 385 Å². The fraction of sp³-hybridized carbons (Fsp3) is 0.839. The third-order valence-electron chi connectivity index (χ3n) is 11.9. The minimum absolute atomic E-state index is 0.0734. The van der Waals surface area contributed by atoms with Crippen LogP contribution >= 0.6 is 0 Å². The highest BCUT2D eigenvalue weighted by Gasteiger charge is 2.19. The Morgan fingerprint density at radius 2 is 0.581 bits per heavy atom. The van der Waals surface area contributed by atoms with Crippen molar-refractivity contribution in [3.8, 4) is 0 Å². The molecular formula is C56H102O6. The van der Waals surface area contributed by atoms with Gasteiger partial charge in [0, 0.05) is 19.3 Å². The third kappa shape index (κ3) is 48.7. The van der Waals surface area contributed by atoms with Crippen LogP contribution in [0, 0.1) is 0 Å². The molecule has 0 aliphatic carbocycles.